The molecule has 0 spiro atoms. The molecule has 0 saturated carbocycles. The van der Waals surface area contributed by atoms with Crippen LogP contribution >= 0.6 is 0 Å². The van der Waals surface area contributed by atoms with Gasteiger partial charge in [-0.2, -0.15) is 13.2 Å². The average molecular weight is 299 g/mol. The zero-order valence-corrected chi connectivity index (χ0v) is 12.2. The van der Waals surface area contributed by atoms with Crippen molar-refractivity contribution in [1.82, 2.24) is 10.3 Å². The molecule has 0 aliphatic carbocycles. The topological polar surface area (TPSA) is 28.2 Å². The first-order valence-corrected chi connectivity index (χ1v) is 7.06. The Kier molecular flexibility index (Phi) is 4.88. The number of alkyl halides is 3. The van der Waals surface area contributed by atoms with Crippen LogP contribution in [0.2, 0.25) is 0 Å². The Morgan fingerprint density at radius 2 is 2.10 bits per heavy atom. The molecule has 21 heavy (non-hydrogen) atoms. The molecule has 1 aliphatic heterocycles. The molecule has 0 amide bonds. The summed E-state index contributed by atoms with van der Waals surface area (Å²) in [4.78, 5) is 6.20. The van der Waals surface area contributed by atoms with E-state index in [9.17, 15) is 13.2 Å². The van der Waals surface area contributed by atoms with Gasteiger partial charge in [-0.3, -0.25) is 0 Å². The monoisotopic (exact) mass is 299 g/mol. The van der Waals surface area contributed by atoms with Gasteiger partial charge in [-0.05, 0) is 18.1 Å². The van der Waals surface area contributed by atoms with Gasteiger partial charge in [0.1, 0.15) is 5.82 Å². The Hall–Kier alpha value is -1.56. The molecule has 1 N–H and O–H groups in total. The predicted molar refractivity (Wildman–Crippen MR) is 77.2 cm³/mol. The Balaban J connectivity index is 1.96. The van der Waals surface area contributed by atoms with Crippen LogP contribution in [0.5, 0.6) is 0 Å². The lowest BCUT2D eigenvalue weighted by Gasteiger charge is -2.28. The minimum atomic E-state index is -4.20. The van der Waals surface area contributed by atoms with Gasteiger partial charge in [-0.25, -0.2) is 4.98 Å². The van der Waals surface area contributed by atoms with Gasteiger partial charge >= 0.3 is 6.18 Å². The van der Waals surface area contributed by atoms with Crippen molar-refractivity contribution in [3.8, 4) is 0 Å². The van der Waals surface area contributed by atoms with E-state index in [1.807, 2.05) is 17.0 Å². The molecule has 116 valence electrons. The van der Waals surface area contributed by atoms with Gasteiger partial charge in [0.05, 0.1) is 0 Å². The highest BCUT2D eigenvalue weighted by atomic mass is 19.4. The fraction of sp³-hybridized carbons (Fsp3) is 0.533. The molecule has 2 rings (SSSR count). The first-order chi connectivity index (χ1) is 9.86. The van der Waals surface area contributed by atoms with Crippen LogP contribution in [0.1, 0.15) is 25.8 Å². The van der Waals surface area contributed by atoms with E-state index in [0.29, 0.717) is 12.6 Å². The van der Waals surface area contributed by atoms with Crippen molar-refractivity contribution in [2.45, 2.75) is 39.0 Å². The molecule has 1 aromatic heterocycles. The molecule has 6 heteroatoms. The van der Waals surface area contributed by atoms with Crippen LogP contribution < -0.4 is 10.2 Å². The van der Waals surface area contributed by atoms with Crippen molar-refractivity contribution < 1.29 is 13.2 Å². The largest absolute Gasteiger partial charge is 0.412 e. The van der Waals surface area contributed by atoms with Gasteiger partial charge in [0.25, 0.3) is 0 Å². The molecular weight excluding hydrogens is 279 g/mol. The predicted octanol–water partition coefficient (Wildman–Crippen LogP) is 3.28. The third kappa shape index (κ3) is 4.46. The van der Waals surface area contributed by atoms with Gasteiger partial charge in [0.2, 0.25) is 0 Å². The number of anilines is 1. The van der Waals surface area contributed by atoms with Crippen LogP contribution in [0, 0.1) is 0 Å². The highest BCUT2D eigenvalue weighted by Gasteiger charge is 2.34. The summed E-state index contributed by atoms with van der Waals surface area (Å²) in [6, 6.07) is 4.22. The Morgan fingerprint density at radius 3 is 2.57 bits per heavy atom. The van der Waals surface area contributed by atoms with E-state index in [2.05, 4.69) is 24.1 Å². The molecule has 0 radical (unpaired) electrons. The minimum Gasteiger partial charge on any atom is -0.353 e. The van der Waals surface area contributed by atoms with Crippen molar-refractivity contribution in [2.75, 3.05) is 18.0 Å². The van der Waals surface area contributed by atoms with Crippen LogP contribution in [-0.4, -0.2) is 30.3 Å². The van der Waals surface area contributed by atoms with Crippen LogP contribution in [0.4, 0.5) is 19.0 Å². The molecule has 0 fully saturated rings. The third-order valence-electron chi connectivity index (χ3n) is 3.42. The maximum Gasteiger partial charge on any atom is 0.412 e. The minimum absolute atomic E-state index is 0.0157. The summed E-state index contributed by atoms with van der Waals surface area (Å²) in [5, 5.41) is 3.30. The molecule has 3 nitrogen and oxygen atoms in total. The summed E-state index contributed by atoms with van der Waals surface area (Å²) in [6.45, 7) is 5.48. The van der Waals surface area contributed by atoms with Gasteiger partial charge in [0.15, 0.2) is 0 Å². The number of pyridine rings is 1. The number of rotatable bonds is 4. The maximum absolute atomic E-state index is 12.6. The summed E-state index contributed by atoms with van der Waals surface area (Å²) in [5.41, 5.74) is 0.632. The van der Waals surface area contributed by atoms with E-state index in [-0.39, 0.29) is 13.0 Å². The zero-order chi connectivity index (χ0) is 15.5. The number of nitrogens with zero attached hydrogens (tertiary/aromatic N) is 2. The van der Waals surface area contributed by atoms with E-state index in [4.69, 9.17) is 0 Å². The number of halogens is 3. The summed E-state index contributed by atoms with van der Waals surface area (Å²) >= 11 is 0. The molecular formula is C15H20F3N3. The van der Waals surface area contributed by atoms with E-state index in [1.165, 1.54) is 6.08 Å². The van der Waals surface area contributed by atoms with E-state index < -0.39 is 11.7 Å². The van der Waals surface area contributed by atoms with Gasteiger partial charge in [0, 0.05) is 37.4 Å². The maximum atomic E-state index is 12.6. The van der Waals surface area contributed by atoms with Crippen molar-refractivity contribution in [1.29, 1.82) is 0 Å². The van der Waals surface area contributed by atoms with Crippen LogP contribution in [-0.2, 0) is 6.54 Å². The lowest BCUT2D eigenvalue weighted by molar-refractivity contribution is -0.0944. The van der Waals surface area contributed by atoms with E-state index >= 15 is 0 Å². The number of nitrogens with one attached hydrogen (secondary N) is 1. The van der Waals surface area contributed by atoms with Crippen molar-refractivity contribution >= 4 is 5.82 Å². The van der Waals surface area contributed by atoms with Crippen molar-refractivity contribution in [2.24, 2.45) is 0 Å². The normalized spacial score (nSPS) is 16.3. The molecule has 0 bridgehead atoms. The second kappa shape index (κ2) is 6.47. The SMILES string of the molecule is CC(C)NCc1ccc(N2CC=C(C(F)(F)F)CC2)nc1. The second-order valence-electron chi connectivity index (χ2n) is 5.48. The summed E-state index contributed by atoms with van der Waals surface area (Å²) < 4.78 is 37.7. The third-order valence-corrected chi connectivity index (χ3v) is 3.42. The van der Waals surface area contributed by atoms with Crippen LogP contribution in [0.3, 0.4) is 0 Å². The van der Waals surface area contributed by atoms with Crippen molar-refractivity contribution in [3.63, 3.8) is 0 Å². The highest BCUT2D eigenvalue weighted by Crippen LogP contribution is 2.31. The Bertz CT molecular complexity index is 492. The van der Waals surface area contributed by atoms with Gasteiger partial charge in [-0.1, -0.05) is 26.0 Å². The van der Waals surface area contributed by atoms with Gasteiger partial charge < -0.3 is 10.2 Å². The number of aromatic nitrogens is 1. The average Bonchev–Trinajstić information content (AvgIpc) is 2.45. The smallest absolute Gasteiger partial charge is 0.353 e. The molecule has 0 atom stereocenters. The van der Waals surface area contributed by atoms with E-state index in [1.54, 1.807) is 6.20 Å². The number of hydrogen-bond donors (Lipinski definition) is 1. The molecule has 2 heterocycles. The second-order valence-corrected chi connectivity index (χ2v) is 5.48. The summed E-state index contributed by atoms with van der Waals surface area (Å²) in [5.74, 6) is 0.723. The Labute approximate surface area is 122 Å². The molecule has 0 aromatic carbocycles. The molecule has 1 aliphatic rings. The van der Waals surface area contributed by atoms with Crippen molar-refractivity contribution in [3.05, 3.63) is 35.5 Å². The first kappa shape index (κ1) is 15.8. The zero-order valence-electron chi connectivity index (χ0n) is 12.2. The van der Waals surface area contributed by atoms with Crippen LogP contribution in [0.25, 0.3) is 0 Å². The highest BCUT2D eigenvalue weighted by molar-refractivity contribution is 5.42. The molecule has 0 unspecified atom stereocenters. The lowest BCUT2D eigenvalue weighted by atomic mass is 10.1. The van der Waals surface area contributed by atoms with E-state index in [0.717, 1.165) is 17.9 Å². The first-order valence-electron chi connectivity index (χ1n) is 7.06. The van der Waals surface area contributed by atoms with Crippen LogP contribution in [0.15, 0.2) is 30.0 Å². The lowest BCUT2D eigenvalue weighted by Crippen LogP contribution is -2.32. The molecule has 0 saturated heterocycles. The summed E-state index contributed by atoms with van der Waals surface area (Å²) in [6.07, 6.45) is -1.17. The fourth-order valence-electron chi connectivity index (χ4n) is 2.16. The fourth-order valence-corrected chi connectivity index (χ4v) is 2.16. The number of hydrogen-bond acceptors (Lipinski definition) is 3. The standard InChI is InChI=1S/C15H20F3N3/c1-11(2)19-9-12-3-4-14(20-10-12)21-7-5-13(6-8-21)15(16,17)18/h3-5,10-11,19H,6-9H2,1-2H3. The molecule has 1 aromatic rings. The van der Waals surface area contributed by atoms with Gasteiger partial charge in [-0.15, -0.1) is 0 Å². The summed E-state index contributed by atoms with van der Waals surface area (Å²) in [7, 11) is 0. The Morgan fingerprint density at radius 1 is 1.33 bits per heavy atom. The quantitative estimate of drug-likeness (QED) is 0.865.